The Morgan fingerprint density at radius 2 is 1.90 bits per heavy atom. The maximum absolute atomic E-state index is 11.6. The molecule has 0 radical (unpaired) electrons. The minimum atomic E-state index is -2.97. The molecular formula is C14H20N2O4S. The first-order valence-electron chi connectivity index (χ1n) is 6.97. The number of hydrogen-bond donors (Lipinski definition) is 1. The maximum atomic E-state index is 11.6. The first-order valence-corrected chi connectivity index (χ1v) is 8.79. The minimum absolute atomic E-state index is 0.108. The Bertz CT molecular complexity index is 647. The Balaban J connectivity index is 2.27. The van der Waals surface area contributed by atoms with Gasteiger partial charge in [-0.2, -0.15) is 0 Å². The van der Waals surface area contributed by atoms with Gasteiger partial charge >= 0.3 is 5.97 Å². The van der Waals surface area contributed by atoms with Crippen LogP contribution in [0.5, 0.6) is 0 Å². The molecule has 6 nitrogen and oxygen atoms in total. The highest BCUT2D eigenvalue weighted by molar-refractivity contribution is 7.91. The first kappa shape index (κ1) is 15.9. The van der Waals surface area contributed by atoms with Crippen molar-refractivity contribution in [3.63, 3.8) is 0 Å². The number of carboxylic acid groups (broad SMARTS) is 1. The lowest BCUT2D eigenvalue weighted by Gasteiger charge is -2.15. The van der Waals surface area contributed by atoms with Gasteiger partial charge in [0.2, 0.25) is 0 Å². The topological polar surface area (TPSA) is 97.2 Å². The fraction of sp³-hybridized carbons (Fsp3) is 0.643. The molecule has 1 aromatic heterocycles. The van der Waals surface area contributed by atoms with Crippen molar-refractivity contribution in [3.05, 3.63) is 22.8 Å². The van der Waals surface area contributed by atoms with E-state index in [1.54, 1.807) is 6.92 Å². The molecule has 1 N–H and O–H groups in total. The van der Waals surface area contributed by atoms with E-state index in [1.165, 1.54) is 0 Å². The van der Waals surface area contributed by atoms with Crippen LogP contribution in [0.4, 0.5) is 0 Å². The van der Waals surface area contributed by atoms with Crippen LogP contribution in [0.3, 0.4) is 0 Å². The van der Waals surface area contributed by atoms with Gasteiger partial charge in [-0.15, -0.1) is 0 Å². The monoisotopic (exact) mass is 312 g/mol. The summed E-state index contributed by atoms with van der Waals surface area (Å²) in [6.07, 6.45) is 0.947. The van der Waals surface area contributed by atoms with Gasteiger partial charge in [-0.3, -0.25) is 4.79 Å². The van der Waals surface area contributed by atoms with E-state index < -0.39 is 21.7 Å². The third-order valence-electron chi connectivity index (χ3n) is 3.97. The van der Waals surface area contributed by atoms with Crippen molar-refractivity contribution < 1.29 is 18.3 Å². The lowest BCUT2D eigenvalue weighted by atomic mass is 9.98. The number of rotatable bonds is 4. The second-order valence-corrected chi connectivity index (χ2v) is 8.00. The molecular weight excluding hydrogens is 292 g/mol. The number of aryl methyl sites for hydroxylation is 2. The molecule has 2 heterocycles. The summed E-state index contributed by atoms with van der Waals surface area (Å²) in [5.74, 6) is -0.618. The molecule has 2 unspecified atom stereocenters. The van der Waals surface area contributed by atoms with Crippen molar-refractivity contribution in [2.75, 3.05) is 11.5 Å². The molecule has 1 saturated heterocycles. The lowest BCUT2D eigenvalue weighted by molar-refractivity contribution is -0.141. The molecule has 2 atom stereocenters. The smallest absolute Gasteiger partial charge is 0.306 e. The van der Waals surface area contributed by atoms with E-state index in [-0.39, 0.29) is 17.4 Å². The molecule has 116 valence electrons. The van der Waals surface area contributed by atoms with Crippen LogP contribution < -0.4 is 0 Å². The van der Waals surface area contributed by atoms with Gasteiger partial charge in [0.05, 0.1) is 17.4 Å². The van der Waals surface area contributed by atoms with Crippen LogP contribution in [-0.4, -0.2) is 41.0 Å². The molecule has 7 heteroatoms. The van der Waals surface area contributed by atoms with Gasteiger partial charge in [-0.25, -0.2) is 18.4 Å². The fourth-order valence-corrected chi connectivity index (χ4v) is 4.37. The van der Waals surface area contributed by atoms with Crippen molar-refractivity contribution in [1.82, 2.24) is 9.97 Å². The average molecular weight is 312 g/mol. The summed E-state index contributed by atoms with van der Waals surface area (Å²) in [7, 11) is -2.97. The molecule has 21 heavy (non-hydrogen) atoms. The second kappa shape index (κ2) is 5.71. The number of hydrogen-bond acceptors (Lipinski definition) is 5. The molecule has 0 spiro atoms. The van der Waals surface area contributed by atoms with Gasteiger partial charge in [0.1, 0.15) is 5.82 Å². The molecule has 0 aliphatic carbocycles. The third kappa shape index (κ3) is 3.58. The van der Waals surface area contributed by atoms with Gasteiger partial charge in [0.25, 0.3) is 0 Å². The Morgan fingerprint density at radius 3 is 2.33 bits per heavy atom. The molecule has 1 fully saturated rings. The van der Waals surface area contributed by atoms with Crippen LogP contribution in [-0.2, 0) is 21.1 Å². The van der Waals surface area contributed by atoms with E-state index in [4.69, 9.17) is 5.11 Å². The lowest BCUT2D eigenvalue weighted by Crippen LogP contribution is -2.16. The highest BCUT2D eigenvalue weighted by Gasteiger charge is 2.31. The van der Waals surface area contributed by atoms with E-state index in [0.29, 0.717) is 18.7 Å². The fourth-order valence-electron chi connectivity index (χ4n) is 2.64. The molecule has 0 bridgehead atoms. The van der Waals surface area contributed by atoms with Crippen LogP contribution in [0.2, 0.25) is 0 Å². The Morgan fingerprint density at radius 1 is 1.33 bits per heavy atom. The molecule has 0 aromatic carbocycles. The maximum Gasteiger partial charge on any atom is 0.306 e. The summed E-state index contributed by atoms with van der Waals surface area (Å²) in [4.78, 5) is 19.8. The first-order chi connectivity index (χ1) is 9.69. The molecule has 1 aliphatic heterocycles. The second-order valence-electron chi connectivity index (χ2n) is 5.77. The molecule has 1 aliphatic rings. The zero-order valence-corrected chi connectivity index (χ0v) is 13.3. The van der Waals surface area contributed by atoms with Gasteiger partial charge < -0.3 is 5.11 Å². The summed E-state index contributed by atoms with van der Waals surface area (Å²) < 4.78 is 23.1. The van der Waals surface area contributed by atoms with Crippen LogP contribution in [0.25, 0.3) is 0 Å². The average Bonchev–Trinajstić information content (AvgIpc) is 2.73. The Kier molecular flexibility index (Phi) is 4.32. The van der Waals surface area contributed by atoms with E-state index in [0.717, 1.165) is 17.0 Å². The standard InChI is InChI=1S/C14H20N2O4S/c1-8(14(17)18)6-12-9(2)15-13(16-10(12)3)11-4-5-21(19,20)7-11/h8,11H,4-7H2,1-3H3,(H,17,18). The largest absolute Gasteiger partial charge is 0.481 e. The van der Waals surface area contributed by atoms with Crippen LogP contribution in [0, 0.1) is 19.8 Å². The number of carboxylic acids is 1. The van der Waals surface area contributed by atoms with Gasteiger partial charge in [0, 0.05) is 17.3 Å². The molecule has 2 rings (SSSR count). The summed E-state index contributed by atoms with van der Waals surface area (Å²) >= 11 is 0. The summed E-state index contributed by atoms with van der Waals surface area (Å²) in [6, 6.07) is 0. The number of carbonyl (C=O) groups is 1. The molecule has 1 aromatic rings. The summed E-state index contributed by atoms with van der Waals surface area (Å²) in [5, 5.41) is 9.00. The predicted octanol–water partition coefficient (Wildman–Crippen LogP) is 1.26. The zero-order chi connectivity index (χ0) is 15.8. The quantitative estimate of drug-likeness (QED) is 0.899. The van der Waals surface area contributed by atoms with Gasteiger partial charge in [-0.1, -0.05) is 6.92 Å². The van der Waals surface area contributed by atoms with Crippen LogP contribution >= 0.6 is 0 Å². The van der Waals surface area contributed by atoms with E-state index >= 15 is 0 Å². The van der Waals surface area contributed by atoms with Crippen molar-refractivity contribution in [1.29, 1.82) is 0 Å². The molecule has 0 amide bonds. The highest BCUT2D eigenvalue weighted by atomic mass is 32.2. The third-order valence-corrected chi connectivity index (χ3v) is 5.74. The Labute approximate surface area is 124 Å². The SMILES string of the molecule is Cc1nc(C2CCS(=O)(=O)C2)nc(C)c1CC(C)C(=O)O. The van der Waals surface area contributed by atoms with Crippen LogP contribution in [0.1, 0.15) is 42.0 Å². The zero-order valence-electron chi connectivity index (χ0n) is 12.5. The normalized spacial score (nSPS) is 22.1. The van der Waals surface area contributed by atoms with Gasteiger partial charge in [0.15, 0.2) is 9.84 Å². The van der Waals surface area contributed by atoms with Crippen LogP contribution in [0.15, 0.2) is 0 Å². The minimum Gasteiger partial charge on any atom is -0.481 e. The van der Waals surface area contributed by atoms with E-state index in [1.807, 2.05) is 13.8 Å². The Hall–Kier alpha value is -1.50. The van der Waals surface area contributed by atoms with Crippen molar-refractivity contribution >= 4 is 15.8 Å². The number of aromatic nitrogens is 2. The van der Waals surface area contributed by atoms with Crippen molar-refractivity contribution in [3.8, 4) is 0 Å². The van der Waals surface area contributed by atoms with Crippen molar-refractivity contribution in [2.45, 2.75) is 39.5 Å². The van der Waals surface area contributed by atoms with Gasteiger partial charge in [-0.05, 0) is 32.3 Å². The highest BCUT2D eigenvalue weighted by Crippen LogP contribution is 2.28. The predicted molar refractivity (Wildman–Crippen MR) is 78.0 cm³/mol. The van der Waals surface area contributed by atoms with Crippen molar-refractivity contribution in [2.24, 2.45) is 5.92 Å². The molecule has 0 saturated carbocycles. The number of nitrogens with zero attached hydrogens (tertiary/aromatic N) is 2. The summed E-state index contributed by atoms with van der Waals surface area (Å²) in [6.45, 7) is 5.30. The number of aliphatic carboxylic acids is 1. The summed E-state index contributed by atoms with van der Waals surface area (Å²) in [5.41, 5.74) is 2.33. The van der Waals surface area contributed by atoms with E-state index in [2.05, 4.69) is 9.97 Å². The number of sulfone groups is 1. The van der Waals surface area contributed by atoms with E-state index in [9.17, 15) is 13.2 Å².